The first kappa shape index (κ1) is 20.1. The summed E-state index contributed by atoms with van der Waals surface area (Å²) in [7, 11) is -2.41. The van der Waals surface area contributed by atoms with E-state index in [2.05, 4.69) is 26.0 Å². The highest BCUT2D eigenvalue weighted by Crippen LogP contribution is 2.23. The van der Waals surface area contributed by atoms with Gasteiger partial charge in [0.1, 0.15) is 0 Å². The van der Waals surface area contributed by atoms with Crippen LogP contribution in [0.5, 0.6) is 0 Å². The third kappa shape index (κ3) is 5.13. The Morgan fingerprint density at radius 3 is 2.54 bits per heavy atom. The van der Waals surface area contributed by atoms with Gasteiger partial charge in [-0.1, -0.05) is 12.1 Å². The number of rotatable bonds is 6. The largest absolute Gasteiger partial charge is 0.452 e. The van der Waals surface area contributed by atoms with Crippen LogP contribution in [0.1, 0.15) is 15.9 Å². The van der Waals surface area contributed by atoms with Crippen LogP contribution in [-0.4, -0.2) is 33.9 Å². The van der Waals surface area contributed by atoms with Crippen molar-refractivity contribution in [1.82, 2.24) is 4.72 Å². The molecule has 2 aromatic carbocycles. The van der Waals surface area contributed by atoms with E-state index in [9.17, 15) is 18.0 Å². The van der Waals surface area contributed by atoms with E-state index in [1.807, 2.05) is 19.1 Å². The van der Waals surface area contributed by atoms with Gasteiger partial charge in [0, 0.05) is 4.47 Å². The third-order valence-electron chi connectivity index (χ3n) is 3.38. The number of hydrogen-bond donors (Lipinski definition) is 2. The number of ether oxygens (including phenoxy) is 1. The number of halogens is 1. The predicted molar refractivity (Wildman–Crippen MR) is 100 cm³/mol. The molecule has 0 spiro atoms. The Bertz CT molecular complexity index is 944. The van der Waals surface area contributed by atoms with Crippen molar-refractivity contribution >= 4 is 43.5 Å². The Balaban J connectivity index is 2.00. The molecule has 7 nitrogen and oxygen atoms in total. The molecule has 0 heterocycles. The van der Waals surface area contributed by atoms with Gasteiger partial charge in [0.2, 0.25) is 10.0 Å². The molecule has 1 amide bonds. The zero-order valence-electron chi connectivity index (χ0n) is 14.1. The predicted octanol–water partition coefficient (Wildman–Crippen LogP) is 2.46. The van der Waals surface area contributed by atoms with Crippen molar-refractivity contribution in [2.24, 2.45) is 0 Å². The molecule has 0 saturated heterocycles. The number of anilines is 1. The standard InChI is InChI=1S/C17H17BrN2O5S/c1-11-6-7-15(14(18)8-11)20-16(21)10-25-17(22)12-4-3-5-13(9-12)26(23,24)19-2/h3-9,19H,10H2,1-2H3,(H,20,21). The van der Waals surface area contributed by atoms with Crippen LogP contribution < -0.4 is 10.0 Å². The molecule has 0 fully saturated rings. The van der Waals surface area contributed by atoms with Crippen LogP contribution in [0.3, 0.4) is 0 Å². The Labute approximate surface area is 159 Å². The number of benzene rings is 2. The fraction of sp³-hybridized carbons (Fsp3) is 0.176. The van der Waals surface area contributed by atoms with E-state index in [0.717, 1.165) is 5.56 Å². The van der Waals surface area contributed by atoms with E-state index in [1.54, 1.807) is 6.07 Å². The van der Waals surface area contributed by atoms with E-state index >= 15 is 0 Å². The van der Waals surface area contributed by atoms with Gasteiger partial charge in [-0.2, -0.15) is 0 Å². The molecule has 0 aliphatic carbocycles. The fourth-order valence-electron chi connectivity index (χ4n) is 2.03. The van der Waals surface area contributed by atoms with Gasteiger partial charge in [-0.25, -0.2) is 17.9 Å². The number of nitrogens with one attached hydrogen (secondary N) is 2. The van der Waals surface area contributed by atoms with E-state index < -0.39 is 28.5 Å². The lowest BCUT2D eigenvalue weighted by Gasteiger charge is -2.09. The van der Waals surface area contributed by atoms with E-state index in [4.69, 9.17) is 4.74 Å². The van der Waals surface area contributed by atoms with Crippen LogP contribution in [0.2, 0.25) is 0 Å². The van der Waals surface area contributed by atoms with Crippen molar-refractivity contribution in [1.29, 1.82) is 0 Å². The number of carbonyl (C=O) groups excluding carboxylic acids is 2. The molecule has 138 valence electrons. The average Bonchev–Trinajstić information content (AvgIpc) is 2.62. The normalized spacial score (nSPS) is 11.0. The molecule has 0 aromatic heterocycles. The molecule has 0 atom stereocenters. The summed E-state index contributed by atoms with van der Waals surface area (Å²) >= 11 is 3.34. The lowest BCUT2D eigenvalue weighted by molar-refractivity contribution is -0.119. The van der Waals surface area contributed by atoms with E-state index in [-0.39, 0.29) is 10.5 Å². The molecule has 0 radical (unpaired) electrons. The lowest BCUT2D eigenvalue weighted by atomic mass is 10.2. The zero-order chi connectivity index (χ0) is 19.3. The van der Waals surface area contributed by atoms with Crippen LogP contribution in [0.4, 0.5) is 5.69 Å². The SMILES string of the molecule is CNS(=O)(=O)c1cccc(C(=O)OCC(=O)Nc2ccc(C)cc2Br)c1. The Morgan fingerprint density at radius 1 is 1.15 bits per heavy atom. The summed E-state index contributed by atoms with van der Waals surface area (Å²) in [4.78, 5) is 23.9. The second-order valence-corrected chi connectivity index (χ2v) is 8.08. The summed E-state index contributed by atoms with van der Waals surface area (Å²) in [5, 5.41) is 2.62. The molecule has 0 unspecified atom stereocenters. The second kappa shape index (κ2) is 8.43. The Kier molecular flexibility index (Phi) is 6.52. The van der Waals surface area contributed by atoms with Crippen LogP contribution in [0.15, 0.2) is 51.8 Å². The third-order valence-corrected chi connectivity index (χ3v) is 5.45. The maximum atomic E-state index is 12.1. The number of hydrogen-bond acceptors (Lipinski definition) is 5. The number of esters is 1. The summed E-state index contributed by atoms with van der Waals surface area (Å²) in [6.45, 7) is 1.42. The van der Waals surface area contributed by atoms with Crippen LogP contribution in [0, 0.1) is 6.92 Å². The van der Waals surface area contributed by atoms with Gasteiger partial charge in [-0.15, -0.1) is 0 Å². The smallest absolute Gasteiger partial charge is 0.338 e. The highest BCUT2D eigenvalue weighted by atomic mass is 79.9. The number of sulfonamides is 1. The van der Waals surface area contributed by atoms with Gasteiger partial charge in [0.15, 0.2) is 6.61 Å². The Morgan fingerprint density at radius 2 is 1.88 bits per heavy atom. The summed E-state index contributed by atoms with van der Waals surface area (Å²) < 4.78 is 31.4. The molecule has 2 rings (SSSR count). The molecule has 2 aromatic rings. The average molecular weight is 441 g/mol. The highest BCUT2D eigenvalue weighted by Gasteiger charge is 2.16. The van der Waals surface area contributed by atoms with Crippen LogP contribution in [0.25, 0.3) is 0 Å². The van der Waals surface area contributed by atoms with Crippen LogP contribution in [-0.2, 0) is 19.6 Å². The first-order chi connectivity index (χ1) is 12.2. The minimum absolute atomic E-state index is 0.0330. The number of aryl methyl sites for hydroxylation is 1. The quantitative estimate of drug-likeness (QED) is 0.671. The zero-order valence-corrected chi connectivity index (χ0v) is 16.5. The molecule has 9 heteroatoms. The Hall–Kier alpha value is -2.23. The summed E-state index contributed by atoms with van der Waals surface area (Å²) in [6, 6.07) is 10.8. The number of carbonyl (C=O) groups is 2. The minimum atomic E-state index is -3.68. The van der Waals surface area contributed by atoms with E-state index in [1.165, 1.54) is 31.3 Å². The molecule has 0 aliphatic heterocycles. The van der Waals surface area contributed by atoms with Crippen molar-refractivity contribution in [3.05, 3.63) is 58.1 Å². The van der Waals surface area contributed by atoms with Gasteiger partial charge in [0.25, 0.3) is 5.91 Å². The molecule has 26 heavy (non-hydrogen) atoms. The summed E-state index contributed by atoms with van der Waals surface area (Å²) in [6.07, 6.45) is 0. The topological polar surface area (TPSA) is 102 Å². The molecular formula is C17H17BrN2O5S. The summed E-state index contributed by atoms with van der Waals surface area (Å²) in [5.41, 5.74) is 1.61. The molecule has 0 saturated carbocycles. The van der Waals surface area contributed by atoms with Crippen molar-refractivity contribution in [2.75, 3.05) is 19.0 Å². The van der Waals surface area contributed by atoms with Crippen LogP contribution >= 0.6 is 15.9 Å². The van der Waals surface area contributed by atoms with Gasteiger partial charge >= 0.3 is 5.97 Å². The van der Waals surface area contributed by atoms with Gasteiger partial charge in [-0.3, -0.25) is 4.79 Å². The van der Waals surface area contributed by atoms with Crippen molar-refractivity contribution in [3.63, 3.8) is 0 Å². The van der Waals surface area contributed by atoms with Gasteiger partial charge in [0.05, 0.1) is 16.1 Å². The second-order valence-electron chi connectivity index (χ2n) is 5.34. The van der Waals surface area contributed by atoms with Gasteiger partial charge < -0.3 is 10.1 Å². The molecule has 0 aliphatic rings. The highest BCUT2D eigenvalue weighted by molar-refractivity contribution is 9.10. The van der Waals surface area contributed by atoms with Crippen molar-refractivity contribution in [3.8, 4) is 0 Å². The number of amides is 1. The molecule has 0 bridgehead atoms. The lowest BCUT2D eigenvalue weighted by Crippen LogP contribution is -2.22. The summed E-state index contributed by atoms with van der Waals surface area (Å²) in [5.74, 6) is -1.31. The first-order valence-electron chi connectivity index (χ1n) is 7.49. The first-order valence-corrected chi connectivity index (χ1v) is 9.77. The monoisotopic (exact) mass is 440 g/mol. The molecular weight excluding hydrogens is 424 g/mol. The van der Waals surface area contributed by atoms with E-state index in [0.29, 0.717) is 10.2 Å². The van der Waals surface area contributed by atoms with Gasteiger partial charge in [-0.05, 0) is 65.8 Å². The minimum Gasteiger partial charge on any atom is -0.452 e. The van der Waals surface area contributed by atoms with Crippen molar-refractivity contribution < 1.29 is 22.7 Å². The molecule has 2 N–H and O–H groups in total. The maximum absolute atomic E-state index is 12.1. The maximum Gasteiger partial charge on any atom is 0.338 e. The fourth-order valence-corrected chi connectivity index (χ4v) is 3.40. The van der Waals surface area contributed by atoms with Crippen molar-refractivity contribution in [2.45, 2.75) is 11.8 Å².